The summed E-state index contributed by atoms with van der Waals surface area (Å²) < 4.78 is 0. The van der Waals surface area contributed by atoms with Crippen LogP contribution in [0.15, 0.2) is 12.4 Å². The summed E-state index contributed by atoms with van der Waals surface area (Å²) in [6.07, 6.45) is 7.02. The molecule has 2 unspecified atom stereocenters. The maximum atomic E-state index is 4.47. The van der Waals surface area contributed by atoms with E-state index in [1.807, 2.05) is 0 Å². The zero-order valence-electron chi connectivity index (χ0n) is 14.1. The summed E-state index contributed by atoms with van der Waals surface area (Å²) in [7, 11) is 4.34. The summed E-state index contributed by atoms with van der Waals surface area (Å²) in [5.74, 6) is 3.63. The molecule has 3 rings (SSSR count). The number of piperidine rings is 1. The highest BCUT2D eigenvalue weighted by molar-refractivity contribution is 5.48. The maximum Gasteiger partial charge on any atom is 0.134 e. The van der Waals surface area contributed by atoms with E-state index in [9.17, 15) is 0 Å². The third-order valence-electron chi connectivity index (χ3n) is 4.96. The number of nitrogens with zero attached hydrogens (tertiary/aromatic N) is 4. The summed E-state index contributed by atoms with van der Waals surface area (Å²) in [5, 5.41) is 3.52. The molecule has 1 saturated heterocycles. The topological polar surface area (TPSA) is 44.3 Å². The summed E-state index contributed by atoms with van der Waals surface area (Å²) in [5.41, 5.74) is 0. The van der Waals surface area contributed by atoms with Gasteiger partial charge in [-0.1, -0.05) is 6.92 Å². The van der Waals surface area contributed by atoms with Crippen LogP contribution in [0.2, 0.25) is 0 Å². The van der Waals surface area contributed by atoms with E-state index in [0.717, 1.165) is 43.1 Å². The Morgan fingerprint density at radius 1 is 1.32 bits per heavy atom. The standard InChI is InChI=1S/C17H29N5/c1-13-5-4-8-22(11-13)17-9-16(19-12-20-17)18-10-15(21(2)3)14-6-7-14/h9,12-15H,4-8,10-11H2,1-3H3,(H,18,19,20). The smallest absolute Gasteiger partial charge is 0.134 e. The van der Waals surface area contributed by atoms with Crippen molar-refractivity contribution in [1.82, 2.24) is 14.9 Å². The van der Waals surface area contributed by atoms with Crippen LogP contribution in [0.4, 0.5) is 11.6 Å². The van der Waals surface area contributed by atoms with E-state index < -0.39 is 0 Å². The minimum atomic E-state index is 0.605. The van der Waals surface area contributed by atoms with Crippen molar-refractivity contribution < 1.29 is 0 Å². The first-order valence-corrected chi connectivity index (χ1v) is 8.61. The van der Waals surface area contributed by atoms with Crippen LogP contribution >= 0.6 is 0 Å². The Morgan fingerprint density at radius 2 is 2.14 bits per heavy atom. The first-order chi connectivity index (χ1) is 10.6. The molecule has 2 heterocycles. The molecule has 5 heteroatoms. The lowest BCUT2D eigenvalue weighted by molar-refractivity contribution is 0.276. The fraction of sp³-hybridized carbons (Fsp3) is 0.765. The lowest BCUT2D eigenvalue weighted by Gasteiger charge is -2.32. The lowest BCUT2D eigenvalue weighted by atomic mass is 10.0. The van der Waals surface area contributed by atoms with Crippen LogP contribution in [0, 0.1) is 11.8 Å². The van der Waals surface area contributed by atoms with E-state index in [-0.39, 0.29) is 0 Å². The van der Waals surface area contributed by atoms with Crippen molar-refractivity contribution in [3.63, 3.8) is 0 Å². The largest absolute Gasteiger partial charge is 0.368 e. The van der Waals surface area contributed by atoms with Gasteiger partial charge in [0, 0.05) is 31.7 Å². The Balaban J connectivity index is 1.61. The SMILES string of the molecule is CC1CCCN(c2cc(NCC(C3CC3)N(C)C)ncn2)C1. The fourth-order valence-electron chi connectivity index (χ4n) is 3.48. The summed E-state index contributed by atoms with van der Waals surface area (Å²) in [6.45, 7) is 5.51. The third kappa shape index (κ3) is 3.88. The number of rotatable bonds is 6. The van der Waals surface area contributed by atoms with Gasteiger partial charge >= 0.3 is 0 Å². The monoisotopic (exact) mass is 303 g/mol. The zero-order chi connectivity index (χ0) is 15.5. The molecule has 0 bridgehead atoms. The molecule has 122 valence electrons. The molecule has 2 atom stereocenters. The van der Waals surface area contributed by atoms with E-state index in [4.69, 9.17) is 0 Å². The molecule has 0 spiro atoms. The predicted octanol–water partition coefficient (Wildman–Crippen LogP) is 2.47. The van der Waals surface area contributed by atoms with Gasteiger partial charge in [-0.05, 0) is 51.6 Å². The number of hydrogen-bond acceptors (Lipinski definition) is 5. The van der Waals surface area contributed by atoms with Crippen molar-refractivity contribution >= 4 is 11.6 Å². The first-order valence-electron chi connectivity index (χ1n) is 8.61. The summed E-state index contributed by atoms with van der Waals surface area (Å²) in [4.78, 5) is 13.6. The van der Waals surface area contributed by atoms with E-state index >= 15 is 0 Å². The van der Waals surface area contributed by atoms with Crippen molar-refractivity contribution in [2.75, 3.05) is 43.9 Å². The first kappa shape index (κ1) is 15.5. The van der Waals surface area contributed by atoms with Crippen molar-refractivity contribution in [2.24, 2.45) is 11.8 Å². The van der Waals surface area contributed by atoms with Crippen LogP contribution in [0.25, 0.3) is 0 Å². The molecule has 1 N–H and O–H groups in total. The van der Waals surface area contributed by atoms with Gasteiger partial charge in [0.15, 0.2) is 0 Å². The molecular formula is C17H29N5. The summed E-state index contributed by atoms with van der Waals surface area (Å²) >= 11 is 0. The average molecular weight is 303 g/mol. The Bertz CT molecular complexity index is 484. The van der Waals surface area contributed by atoms with E-state index in [0.29, 0.717) is 6.04 Å². The van der Waals surface area contributed by atoms with Crippen molar-refractivity contribution in [2.45, 2.75) is 38.6 Å². The molecule has 0 radical (unpaired) electrons. The van der Waals surface area contributed by atoms with Crippen LogP contribution in [-0.4, -0.2) is 54.6 Å². The van der Waals surface area contributed by atoms with Gasteiger partial charge in [0.05, 0.1) is 0 Å². The third-order valence-corrected chi connectivity index (χ3v) is 4.96. The van der Waals surface area contributed by atoms with Crippen LogP contribution in [0.3, 0.4) is 0 Å². The second-order valence-corrected chi connectivity index (χ2v) is 7.20. The fourth-order valence-corrected chi connectivity index (χ4v) is 3.48. The van der Waals surface area contributed by atoms with E-state index in [2.05, 4.69) is 52.2 Å². The van der Waals surface area contributed by atoms with Crippen molar-refractivity contribution in [3.05, 3.63) is 12.4 Å². The molecule has 0 amide bonds. The van der Waals surface area contributed by atoms with Gasteiger partial charge in [-0.25, -0.2) is 9.97 Å². The summed E-state index contributed by atoms with van der Waals surface area (Å²) in [6, 6.07) is 2.71. The highest BCUT2D eigenvalue weighted by Crippen LogP contribution is 2.34. The molecular weight excluding hydrogens is 274 g/mol. The van der Waals surface area contributed by atoms with Crippen LogP contribution < -0.4 is 10.2 Å². The van der Waals surface area contributed by atoms with E-state index in [1.54, 1.807) is 6.33 Å². The van der Waals surface area contributed by atoms with Gasteiger partial charge in [-0.2, -0.15) is 0 Å². The van der Waals surface area contributed by atoms with Gasteiger partial charge in [-0.15, -0.1) is 0 Å². The molecule has 1 aromatic heterocycles. The molecule has 2 aliphatic rings. The van der Waals surface area contributed by atoms with Gasteiger partial charge in [0.25, 0.3) is 0 Å². The minimum absolute atomic E-state index is 0.605. The van der Waals surface area contributed by atoms with Crippen LogP contribution in [0.1, 0.15) is 32.6 Å². The number of likely N-dealkylation sites (N-methyl/N-ethyl adjacent to an activating group) is 1. The van der Waals surface area contributed by atoms with Crippen molar-refractivity contribution in [3.8, 4) is 0 Å². The normalized spacial score (nSPS) is 23.6. The highest BCUT2D eigenvalue weighted by atomic mass is 15.2. The Morgan fingerprint density at radius 3 is 2.82 bits per heavy atom. The molecule has 5 nitrogen and oxygen atoms in total. The molecule has 1 aliphatic carbocycles. The van der Waals surface area contributed by atoms with Crippen LogP contribution in [-0.2, 0) is 0 Å². The highest BCUT2D eigenvalue weighted by Gasteiger charge is 2.32. The van der Waals surface area contributed by atoms with Gasteiger partial charge in [0.1, 0.15) is 18.0 Å². The van der Waals surface area contributed by atoms with Crippen molar-refractivity contribution in [1.29, 1.82) is 0 Å². The van der Waals surface area contributed by atoms with E-state index in [1.165, 1.54) is 25.7 Å². The van der Waals surface area contributed by atoms with Crippen LogP contribution in [0.5, 0.6) is 0 Å². The number of anilines is 2. The van der Waals surface area contributed by atoms with Gasteiger partial charge < -0.3 is 15.1 Å². The number of nitrogens with one attached hydrogen (secondary N) is 1. The predicted molar refractivity (Wildman–Crippen MR) is 91.3 cm³/mol. The Kier molecular flexibility index (Phi) is 4.81. The quantitative estimate of drug-likeness (QED) is 0.874. The molecule has 0 aromatic carbocycles. The number of aromatic nitrogens is 2. The molecule has 1 saturated carbocycles. The molecule has 22 heavy (non-hydrogen) atoms. The molecule has 2 fully saturated rings. The second-order valence-electron chi connectivity index (χ2n) is 7.20. The Labute approximate surface area is 134 Å². The minimum Gasteiger partial charge on any atom is -0.368 e. The lowest BCUT2D eigenvalue weighted by Crippen LogP contribution is -2.37. The second kappa shape index (κ2) is 6.82. The van der Waals surface area contributed by atoms with Gasteiger partial charge in [-0.3, -0.25) is 0 Å². The molecule has 1 aliphatic heterocycles. The number of hydrogen-bond donors (Lipinski definition) is 1. The Hall–Kier alpha value is -1.36. The van der Waals surface area contributed by atoms with Gasteiger partial charge in [0.2, 0.25) is 0 Å². The zero-order valence-corrected chi connectivity index (χ0v) is 14.1. The molecule has 1 aromatic rings. The maximum absolute atomic E-state index is 4.47. The average Bonchev–Trinajstić information content (AvgIpc) is 3.32.